The highest BCUT2D eigenvalue weighted by atomic mass is 35.5. The van der Waals surface area contributed by atoms with Crippen molar-refractivity contribution >= 4 is 29.2 Å². The van der Waals surface area contributed by atoms with E-state index in [1.165, 1.54) is 0 Å². The van der Waals surface area contributed by atoms with Crippen LogP contribution >= 0.6 is 11.6 Å². The Labute approximate surface area is 175 Å². The van der Waals surface area contributed by atoms with Crippen LogP contribution in [0.15, 0.2) is 42.5 Å². The standard InChI is InChI=1S/C21H26ClN3O4/c1-4-28-18-11-10-16(12-19(18)29-5-2)23-21(27)24-20(26)14-25(3)13-15-8-6-7-9-17(15)22/h6-12H,4-5,13-14H2,1-3H3,(H2,23,24,26,27). The van der Waals surface area contributed by atoms with Crippen LogP contribution in [0.3, 0.4) is 0 Å². The SMILES string of the molecule is CCOc1ccc(NC(=O)NC(=O)CN(C)Cc2ccccc2Cl)cc1OCC. The van der Waals surface area contributed by atoms with E-state index in [0.717, 1.165) is 5.56 Å². The minimum absolute atomic E-state index is 0.0477. The first-order chi connectivity index (χ1) is 13.9. The largest absolute Gasteiger partial charge is 0.490 e. The monoisotopic (exact) mass is 419 g/mol. The number of anilines is 1. The number of hydrogen-bond acceptors (Lipinski definition) is 5. The predicted molar refractivity (Wildman–Crippen MR) is 114 cm³/mol. The van der Waals surface area contributed by atoms with Gasteiger partial charge in [-0.1, -0.05) is 29.8 Å². The Morgan fingerprint density at radius 3 is 2.41 bits per heavy atom. The lowest BCUT2D eigenvalue weighted by Gasteiger charge is -2.17. The van der Waals surface area contributed by atoms with E-state index in [9.17, 15) is 9.59 Å². The zero-order valence-corrected chi connectivity index (χ0v) is 17.6. The molecule has 0 aromatic heterocycles. The highest BCUT2D eigenvalue weighted by molar-refractivity contribution is 6.31. The molecular weight excluding hydrogens is 394 g/mol. The minimum atomic E-state index is -0.618. The van der Waals surface area contributed by atoms with Gasteiger partial charge in [-0.15, -0.1) is 0 Å². The van der Waals surface area contributed by atoms with E-state index in [2.05, 4.69) is 10.6 Å². The first-order valence-corrected chi connectivity index (χ1v) is 9.73. The molecule has 0 saturated heterocycles. The molecule has 156 valence electrons. The fraction of sp³-hybridized carbons (Fsp3) is 0.333. The number of nitrogens with one attached hydrogen (secondary N) is 2. The number of amides is 3. The Bertz CT molecular complexity index is 844. The van der Waals surface area contributed by atoms with E-state index in [0.29, 0.717) is 42.0 Å². The first kappa shape index (κ1) is 22.5. The van der Waals surface area contributed by atoms with Gasteiger partial charge in [-0.2, -0.15) is 0 Å². The van der Waals surface area contributed by atoms with Crippen molar-refractivity contribution in [3.8, 4) is 11.5 Å². The average molecular weight is 420 g/mol. The molecule has 0 radical (unpaired) electrons. The maximum atomic E-state index is 12.1. The molecule has 0 spiro atoms. The zero-order valence-electron chi connectivity index (χ0n) is 16.8. The summed E-state index contributed by atoms with van der Waals surface area (Å²) in [4.78, 5) is 26.1. The minimum Gasteiger partial charge on any atom is -0.490 e. The molecule has 29 heavy (non-hydrogen) atoms. The number of halogens is 1. The second-order valence-corrected chi connectivity index (χ2v) is 6.70. The summed E-state index contributed by atoms with van der Waals surface area (Å²) in [5.74, 6) is 0.698. The number of likely N-dealkylation sites (N-methyl/N-ethyl adjacent to an activating group) is 1. The highest BCUT2D eigenvalue weighted by Crippen LogP contribution is 2.30. The predicted octanol–water partition coefficient (Wildman–Crippen LogP) is 3.92. The molecule has 0 heterocycles. The third kappa shape index (κ3) is 7.29. The third-order valence-corrected chi connectivity index (χ3v) is 4.23. The molecule has 0 aliphatic heterocycles. The number of nitrogens with zero attached hydrogens (tertiary/aromatic N) is 1. The summed E-state index contributed by atoms with van der Waals surface area (Å²) in [6.07, 6.45) is 0. The van der Waals surface area contributed by atoms with Crippen LogP contribution in [-0.2, 0) is 11.3 Å². The van der Waals surface area contributed by atoms with Crippen LogP contribution in [0.5, 0.6) is 11.5 Å². The van der Waals surface area contributed by atoms with Crippen molar-refractivity contribution in [1.82, 2.24) is 10.2 Å². The summed E-state index contributed by atoms with van der Waals surface area (Å²) in [5.41, 5.74) is 1.40. The second-order valence-electron chi connectivity index (χ2n) is 6.29. The Hall–Kier alpha value is -2.77. The van der Waals surface area contributed by atoms with Gasteiger partial charge in [0.15, 0.2) is 11.5 Å². The number of hydrogen-bond donors (Lipinski definition) is 2. The fourth-order valence-corrected chi connectivity index (χ4v) is 2.87. The quantitative estimate of drug-likeness (QED) is 0.644. The number of carbonyl (C=O) groups excluding carboxylic acids is 2. The lowest BCUT2D eigenvalue weighted by Crippen LogP contribution is -2.40. The molecule has 2 aromatic carbocycles. The Morgan fingerprint density at radius 2 is 1.72 bits per heavy atom. The molecule has 8 heteroatoms. The molecule has 0 fully saturated rings. The zero-order chi connectivity index (χ0) is 21.2. The van der Waals surface area contributed by atoms with Crippen molar-refractivity contribution in [3.63, 3.8) is 0 Å². The summed E-state index contributed by atoms with van der Waals surface area (Å²) in [5, 5.41) is 5.58. The molecule has 2 aromatic rings. The van der Waals surface area contributed by atoms with Gasteiger partial charge in [0.05, 0.1) is 19.8 Å². The van der Waals surface area contributed by atoms with Gasteiger partial charge >= 0.3 is 6.03 Å². The Morgan fingerprint density at radius 1 is 1.03 bits per heavy atom. The molecule has 0 unspecified atom stereocenters. The van der Waals surface area contributed by atoms with Gasteiger partial charge < -0.3 is 14.8 Å². The maximum Gasteiger partial charge on any atom is 0.325 e. The van der Waals surface area contributed by atoms with E-state index in [1.54, 1.807) is 36.2 Å². The molecule has 0 aliphatic rings. The van der Waals surface area contributed by atoms with Gasteiger partial charge in [0, 0.05) is 23.3 Å². The number of rotatable bonds is 9. The van der Waals surface area contributed by atoms with Crippen molar-refractivity contribution in [2.45, 2.75) is 20.4 Å². The molecule has 3 amide bonds. The number of carbonyl (C=O) groups is 2. The van der Waals surface area contributed by atoms with Crippen molar-refractivity contribution in [1.29, 1.82) is 0 Å². The normalized spacial score (nSPS) is 10.5. The van der Waals surface area contributed by atoms with E-state index < -0.39 is 11.9 Å². The molecular formula is C21H26ClN3O4. The van der Waals surface area contributed by atoms with E-state index >= 15 is 0 Å². The average Bonchev–Trinajstić information content (AvgIpc) is 2.65. The van der Waals surface area contributed by atoms with Gasteiger partial charge in [0.2, 0.25) is 5.91 Å². The molecule has 2 N–H and O–H groups in total. The molecule has 0 bridgehead atoms. The summed E-state index contributed by atoms with van der Waals surface area (Å²) in [7, 11) is 1.78. The van der Waals surface area contributed by atoms with E-state index in [-0.39, 0.29) is 6.54 Å². The lowest BCUT2D eigenvalue weighted by molar-refractivity contribution is -0.120. The lowest BCUT2D eigenvalue weighted by atomic mass is 10.2. The second kappa shape index (κ2) is 11.3. The summed E-state index contributed by atoms with van der Waals surface area (Å²) >= 11 is 6.14. The number of ether oxygens (including phenoxy) is 2. The van der Waals surface area contributed by atoms with E-state index in [4.69, 9.17) is 21.1 Å². The number of urea groups is 1. The summed E-state index contributed by atoms with van der Waals surface area (Å²) < 4.78 is 11.0. The van der Waals surface area contributed by atoms with Gasteiger partial charge in [0.25, 0.3) is 0 Å². The smallest absolute Gasteiger partial charge is 0.325 e. The molecule has 0 aliphatic carbocycles. The number of benzene rings is 2. The van der Waals surface area contributed by atoms with Crippen LogP contribution in [0.4, 0.5) is 10.5 Å². The van der Waals surface area contributed by atoms with Crippen LogP contribution in [-0.4, -0.2) is 43.6 Å². The summed E-state index contributed by atoms with van der Waals surface area (Å²) in [6.45, 7) is 5.25. The Kier molecular flexibility index (Phi) is 8.76. The van der Waals surface area contributed by atoms with Crippen LogP contribution in [0.25, 0.3) is 0 Å². The van der Waals surface area contributed by atoms with Gasteiger partial charge in [-0.05, 0) is 44.7 Å². The molecule has 7 nitrogen and oxygen atoms in total. The van der Waals surface area contributed by atoms with Gasteiger partial charge in [-0.25, -0.2) is 4.79 Å². The molecule has 0 atom stereocenters. The van der Waals surface area contributed by atoms with Crippen molar-refractivity contribution in [3.05, 3.63) is 53.1 Å². The van der Waals surface area contributed by atoms with Crippen LogP contribution in [0, 0.1) is 0 Å². The van der Waals surface area contributed by atoms with Gasteiger partial charge in [0.1, 0.15) is 0 Å². The van der Waals surface area contributed by atoms with Crippen molar-refractivity contribution in [2.24, 2.45) is 0 Å². The maximum absolute atomic E-state index is 12.1. The van der Waals surface area contributed by atoms with Crippen LogP contribution in [0.2, 0.25) is 5.02 Å². The van der Waals surface area contributed by atoms with Crippen molar-refractivity contribution < 1.29 is 19.1 Å². The third-order valence-electron chi connectivity index (χ3n) is 3.87. The molecule has 2 rings (SSSR count). The van der Waals surface area contributed by atoms with Gasteiger partial charge in [-0.3, -0.25) is 15.0 Å². The fourth-order valence-electron chi connectivity index (χ4n) is 2.68. The number of imide groups is 1. The van der Waals surface area contributed by atoms with Crippen molar-refractivity contribution in [2.75, 3.05) is 32.1 Å². The van der Waals surface area contributed by atoms with Crippen LogP contribution in [0.1, 0.15) is 19.4 Å². The Balaban J connectivity index is 1.88. The topological polar surface area (TPSA) is 79.9 Å². The summed E-state index contributed by atoms with van der Waals surface area (Å²) in [6, 6.07) is 11.9. The molecule has 0 saturated carbocycles. The highest BCUT2D eigenvalue weighted by Gasteiger charge is 2.13. The van der Waals surface area contributed by atoms with E-state index in [1.807, 2.05) is 32.0 Å². The first-order valence-electron chi connectivity index (χ1n) is 9.35. The van der Waals surface area contributed by atoms with Crippen LogP contribution < -0.4 is 20.1 Å².